The molecule has 1 N–H and O–H groups in total. The number of nitrogens with one attached hydrogen (secondary N) is 1. The number of benzene rings is 3. The van der Waals surface area contributed by atoms with Crippen molar-refractivity contribution in [3.8, 4) is 0 Å². The van der Waals surface area contributed by atoms with E-state index in [-0.39, 0.29) is 5.91 Å². The average Bonchev–Trinajstić information content (AvgIpc) is 2.63. The van der Waals surface area contributed by atoms with E-state index in [1.54, 1.807) is 0 Å². The van der Waals surface area contributed by atoms with Crippen LogP contribution in [0.5, 0.6) is 0 Å². The molecular weight excluding hydrogens is 374 g/mol. The number of carbonyl (C=O) groups excluding carboxylic acids is 1. The summed E-state index contributed by atoms with van der Waals surface area (Å²) in [5.74, 6) is -0.125. The number of aryl methyl sites for hydroxylation is 1. The van der Waals surface area contributed by atoms with Crippen LogP contribution in [0.4, 0.5) is 5.69 Å². The topological polar surface area (TPSA) is 29.1 Å². The first kappa shape index (κ1) is 17.2. The van der Waals surface area contributed by atoms with E-state index in [2.05, 4.69) is 21.2 Å². The van der Waals surface area contributed by atoms with Gasteiger partial charge >= 0.3 is 0 Å². The summed E-state index contributed by atoms with van der Waals surface area (Å²) in [6.45, 7) is 1.98. The third-order valence-corrected chi connectivity index (χ3v) is 4.37. The van der Waals surface area contributed by atoms with Gasteiger partial charge in [0.15, 0.2) is 0 Å². The molecule has 0 unspecified atom stereocenters. The number of rotatable bonds is 4. The number of halogens is 1. The summed E-state index contributed by atoms with van der Waals surface area (Å²) in [6.07, 6.45) is 1.92. The molecule has 3 heteroatoms. The molecule has 0 atom stereocenters. The van der Waals surface area contributed by atoms with Crippen LogP contribution >= 0.6 is 15.9 Å². The summed E-state index contributed by atoms with van der Waals surface area (Å²) >= 11 is 3.45. The average molecular weight is 392 g/mol. The third-order valence-electron chi connectivity index (χ3n) is 3.88. The van der Waals surface area contributed by atoms with Gasteiger partial charge in [-0.15, -0.1) is 0 Å². The molecule has 3 aromatic rings. The highest BCUT2D eigenvalue weighted by molar-refractivity contribution is 9.10. The minimum Gasteiger partial charge on any atom is -0.322 e. The van der Waals surface area contributed by atoms with Gasteiger partial charge in [0.1, 0.15) is 0 Å². The van der Waals surface area contributed by atoms with Gasteiger partial charge in [0.05, 0.1) is 0 Å². The summed E-state index contributed by atoms with van der Waals surface area (Å²) < 4.78 is 0.992. The Morgan fingerprint density at radius 2 is 1.56 bits per heavy atom. The van der Waals surface area contributed by atoms with Crippen molar-refractivity contribution in [3.63, 3.8) is 0 Å². The van der Waals surface area contributed by atoms with Gasteiger partial charge in [0.2, 0.25) is 0 Å². The molecule has 0 spiro atoms. The number of amides is 1. The maximum Gasteiger partial charge on any atom is 0.256 e. The van der Waals surface area contributed by atoms with E-state index in [0.717, 1.165) is 26.9 Å². The van der Waals surface area contributed by atoms with E-state index in [1.807, 2.05) is 91.9 Å². The van der Waals surface area contributed by atoms with Crippen LogP contribution in [0.3, 0.4) is 0 Å². The normalized spacial score (nSPS) is 11.2. The van der Waals surface area contributed by atoms with Crippen LogP contribution in [-0.4, -0.2) is 5.91 Å². The standard InChI is InChI=1S/C22H18BrNO/c1-16-14-19(23)12-13-21(16)24-22(25)20(18-10-6-3-7-11-18)15-17-8-4-2-5-9-17/h2-15H,1H3,(H,24,25)/b20-15+. The van der Waals surface area contributed by atoms with E-state index < -0.39 is 0 Å². The molecule has 0 saturated carbocycles. The molecule has 0 heterocycles. The van der Waals surface area contributed by atoms with Crippen molar-refractivity contribution in [2.45, 2.75) is 6.92 Å². The van der Waals surface area contributed by atoms with Gasteiger partial charge in [-0.1, -0.05) is 76.6 Å². The van der Waals surface area contributed by atoms with Crippen molar-refractivity contribution >= 4 is 39.2 Å². The zero-order valence-electron chi connectivity index (χ0n) is 13.9. The second-order valence-corrected chi connectivity index (χ2v) is 6.66. The van der Waals surface area contributed by atoms with Crippen LogP contribution < -0.4 is 5.32 Å². The molecule has 2 nitrogen and oxygen atoms in total. The Bertz CT molecular complexity index is 902. The molecule has 0 bridgehead atoms. The fraction of sp³-hybridized carbons (Fsp3) is 0.0455. The lowest BCUT2D eigenvalue weighted by Crippen LogP contribution is -2.14. The van der Waals surface area contributed by atoms with Gasteiger partial charge in [-0.2, -0.15) is 0 Å². The van der Waals surface area contributed by atoms with E-state index >= 15 is 0 Å². The van der Waals surface area contributed by atoms with E-state index in [9.17, 15) is 4.79 Å². The molecule has 0 fully saturated rings. The first-order valence-electron chi connectivity index (χ1n) is 8.03. The van der Waals surface area contributed by atoms with Gasteiger partial charge in [-0.05, 0) is 47.9 Å². The Morgan fingerprint density at radius 1 is 0.920 bits per heavy atom. The Kier molecular flexibility index (Phi) is 5.46. The number of anilines is 1. The lowest BCUT2D eigenvalue weighted by molar-refractivity contribution is -0.111. The summed E-state index contributed by atoms with van der Waals surface area (Å²) in [5.41, 5.74) is 4.33. The minimum absolute atomic E-state index is 0.125. The highest BCUT2D eigenvalue weighted by Gasteiger charge is 2.13. The van der Waals surface area contributed by atoms with Crippen molar-refractivity contribution in [2.24, 2.45) is 0 Å². The molecule has 0 saturated heterocycles. The molecule has 3 rings (SSSR count). The molecule has 25 heavy (non-hydrogen) atoms. The second kappa shape index (κ2) is 7.95. The zero-order chi connectivity index (χ0) is 17.6. The van der Waals surface area contributed by atoms with E-state index in [1.165, 1.54) is 0 Å². The maximum absolute atomic E-state index is 13.0. The van der Waals surface area contributed by atoms with E-state index in [0.29, 0.717) is 5.57 Å². The highest BCUT2D eigenvalue weighted by Crippen LogP contribution is 2.24. The summed E-state index contributed by atoms with van der Waals surface area (Å²) in [4.78, 5) is 13.0. The summed E-state index contributed by atoms with van der Waals surface area (Å²) in [7, 11) is 0. The smallest absolute Gasteiger partial charge is 0.256 e. The first-order chi connectivity index (χ1) is 12.1. The van der Waals surface area contributed by atoms with Crippen LogP contribution in [0, 0.1) is 6.92 Å². The van der Waals surface area contributed by atoms with Crippen molar-refractivity contribution in [1.29, 1.82) is 0 Å². The third kappa shape index (κ3) is 4.46. The molecule has 0 radical (unpaired) electrons. The Balaban J connectivity index is 1.97. The Morgan fingerprint density at radius 3 is 2.20 bits per heavy atom. The SMILES string of the molecule is Cc1cc(Br)ccc1NC(=O)/C(=C/c1ccccc1)c1ccccc1. The molecular formula is C22H18BrNO. The molecule has 0 aliphatic rings. The summed E-state index contributed by atoms with van der Waals surface area (Å²) in [6, 6.07) is 25.4. The van der Waals surface area contributed by atoms with Crippen LogP contribution in [0.15, 0.2) is 83.3 Å². The second-order valence-electron chi connectivity index (χ2n) is 5.75. The predicted molar refractivity (Wildman–Crippen MR) is 108 cm³/mol. The van der Waals surface area contributed by atoms with Crippen molar-refractivity contribution in [2.75, 3.05) is 5.32 Å². The Hall–Kier alpha value is -2.65. The van der Waals surface area contributed by atoms with Crippen LogP contribution in [0.1, 0.15) is 16.7 Å². The van der Waals surface area contributed by atoms with Crippen molar-refractivity contribution in [3.05, 3.63) is 100 Å². The molecule has 0 aliphatic carbocycles. The number of hydrogen-bond acceptors (Lipinski definition) is 1. The minimum atomic E-state index is -0.125. The largest absolute Gasteiger partial charge is 0.322 e. The first-order valence-corrected chi connectivity index (χ1v) is 8.82. The molecule has 124 valence electrons. The zero-order valence-corrected chi connectivity index (χ0v) is 15.5. The molecule has 3 aromatic carbocycles. The lowest BCUT2D eigenvalue weighted by atomic mass is 10.0. The lowest BCUT2D eigenvalue weighted by Gasteiger charge is -2.12. The number of hydrogen-bond donors (Lipinski definition) is 1. The molecule has 0 aliphatic heterocycles. The molecule has 1 amide bonds. The van der Waals surface area contributed by atoms with Crippen LogP contribution in [-0.2, 0) is 4.79 Å². The summed E-state index contributed by atoms with van der Waals surface area (Å²) in [5, 5.41) is 3.03. The molecule has 0 aromatic heterocycles. The van der Waals surface area contributed by atoms with Gasteiger partial charge in [-0.3, -0.25) is 4.79 Å². The van der Waals surface area contributed by atoms with Crippen molar-refractivity contribution in [1.82, 2.24) is 0 Å². The quantitative estimate of drug-likeness (QED) is 0.432. The monoisotopic (exact) mass is 391 g/mol. The van der Waals surface area contributed by atoms with Crippen LogP contribution in [0.2, 0.25) is 0 Å². The van der Waals surface area contributed by atoms with Gasteiger partial charge in [0.25, 0.3) is 5.91 Å². The van der Waals surface area contributed by atoms with Gasteiger partial charge in [0, 0.05) is 15.7 Å². The number of carbonyl (C=O) groups is 1. The van der Waals surface area contributed by atoms with Gasteiger partial charge in [-0.25, -0.2) is 0 Å². The van der Waals surface area contributed by atoms with Gasteiger partial charge < -0.3 is 5.32 Å². The fourth-order valence-corrected chi connectivity index (χ4v) is 3.05. The maximum atomic E-state index is 13.0. The van der Waals surface area contributed by atoms with E-state index in [4.69, 9.17) is 0 Å². The van der Waals surface area contributed by atoms with Crippen LogP contribution in [0.25, 0.3) is 11.6 Å². The fourth-order valence-electron chi connectivity index (χ4n) is 2.57. The van der Waals surface area contributed by atoms with Crippen molar-refractivity contribution < 1.29 is 4.79 Å². The highest BCUT2D eigenvalue weighted by atomic mass is 79.9. The Labute approximate surface area is 156 Å². The predicted octanol–water partition coefficient (Wildman–Crippen LogP) is 5.94.